The van der Waals surface area contributed by atoms with E-state index in [1.165, 1.54) is 6.21 Å². The number of carbonyl (C=O) groups excluding carboxylic acids is 3. The first-order chi connectivity index (χ1) is 18.3. The molecule has 0 aromatic heterocycles. The second-order valence-electron chi connectivity index (χ2n) is 8.27. The van der Waals surface area contributed by atoms with Crippen molar-refractivity contribution >= 4 is 46.9 Å². The zero-order valence-corrected chi connectivity index (χ0v) is 21.9. The van der Waals surface area contributed by atoms with Crippen molar-refractivity contribution in [2.75, 3.05) is 23.8 Å². The van der Waals surface area contributed by atoms with Crippen LogP contribution in [-0.2, 0) is 14.4 Å². The van der Waals surface area contributed by atoms with Gasteiger partial charge in [0.05, 0.1) is 17.8 Å². The Hall–Kier alpha value is -4.37. The van der Waals surface area contributed by atoms with E-state index < -0.39 is 11.8 Å². The molecule has 0 bridgehead atoms. The Balaban J connectivity index is 1.43. The number of aryl methyl sites for hydroxylation is 1. The number of nitrogens with zero attached hydrogens (tertiary/aromatic N) is 1. The standard InChI is InChI=1S/C28H29ClN4O5/c1-3-4-15-37-23-12-10-22(11-13-23)32-27(35)28(36)33-30-17-20-7-14-25(24(29)16-20)38-18-26(34)31-21-8-5-19(2)6-9-21/h5-14,16-17H,3-4,15,18H2,1-2H3,(H,31,34)(H,32,35)(H,33,36)/b30-17-. The minimum Gasteiger partial charge on any atom is -0.494 e. The molecule has 0 fully saturated rings. The van der Waals surface area contributed by atoms with Crippen LogP contribution in [0.1, 0.15) is 30.9 Å². The van der Waals surface area contributed by atoms with E-state index in [1.807, 2.05) is 19.1 Å². The average molecular weight is 537 g/mol. The summed E-state index contributed by atoms with van der Waals surface area (Å²) in [6.07, 6.45) is 3.32. The first kappa shape index (κ1) is 28.2. The molecule has 0 saturated heterocycles. The number of hydrazone groups is 1. The molecule has 3 N–H and O–H groups in total. The lowest BCUT2D eigenvalue weighted by Crippen LogP contribution is -2.32. The summed E-state index contributed by atoms with van der Waals surface area (Å²) in [4.78, 5) is 36.3. The first-order valence-corrected chi connectivity index (χ1v) is 12.4. The highest BCUT2D eigenvalue weighted by molar-refractivity contribution is 6.39. The number of anilines is 2. The molecule has 0 aliphatic rings. The van der Waals surface area contributed by atoms with Gasteiger partial charge in [0.25, 0.3) is 5.91 Å². The molecule has 0 unspecified atom stereocenters. The van der Waals surface area contributed by atoms with Crippen molar-refractivity contribution in [3.05, 3.63) is 82.9 Å². The number of unbranched alkanes of at least 4 members (excludes halogenated alkanes) is 1. The average Bonchev–Trinajstić information content (AvgIpc) is 2.90. The number of nitrogens with one attached hydrogen (secondary N) is 3. The van der Waals surface area contributed by atoms with Gasteiger partial charge in [-0.3, -0.25) is 14.4 Å². The molecule has 0 spiro atoms. The third-order valence-corrected chi connectivity index (χ3v) is 5.41. The normalized spacial score (nSPS) is 10.6. The number of rotatable bonds is 11. The molecule has 3 aromatic rings. The highest BCUT2D eigenvalue weighted by Crippen LogP contribution is 2.25. The molecule has 198 valence electrons. The predicted molar refractivity (Wildman–Crippen MR) is 148 cm³/mol. The monoisotopic (exact) mass is 536 g/mol. The van der Waals surface area contributed by atoms with Gasteiger partial charge in [-0.05, 0) is 73.5 Å². The highest BCUT2D eigenvalue weighted by Gasteiger charge is 2.13. The molecule has 9 nitrogen and oxygen atoms in total. The van der Waals surface area contributed by atoms with Gasteiger partial charge in [-0.2, -0.15) is 5.10 Å². The van der Waals surface area contributed by atoms with E-state index in [9.17, 15) is 14.4 Å². The Morgan fingerprint density at radius 2 is 1.58 bits per heavy atom. The summed E-state index contributed by atoms with van der Waals surface area (Å²) in [5.41, 5.74) is 4.92. The number of amides is 3. The van der Waals surface area contributed by atoms with E-state index in [1.54, 1.807) is 54.6 Å². The summed E-state index contributed by atoms with van der Waals surface area (Å²) >= 11 is 6.24. The summed E-state index contributed by atoms with van der Waals surface area (Å²) in [5.74, 6) is -1.13. The van der Waals surface area contributed by atoms with Gasteiger partial charge in [-0.25, -0.2) is 5.43 Å². The minimum atomic E-state index is -0.935. The summed E-state index contributed by atoms with van der Waals surface area (Å²) < 4.78 is 11.1. The van der Waals surface area contributed by atoms with Gasteiger partial charge in [-0.1, -0.05) is 42.6 Å². The van der Waals surface area contributed by atoms with Gasteiger partial charge in [0, 0.05) is 11.4 Å². The summed E-state index contributed by atoms with van der Waals surface area (Å²) in [7, 11) is 0. The molecule has 38 heavy (non-hydrogen) atoms. The Kier molecular flexibility index (Phi) is 10.7. The van der Waals surface area contributed by atoms with Crippen molar-refractivity contribution in [3.63, 3.8) is 0 Å². The van der Waals surface area contributed by atoms with E-state index >= 15 is 0 Å². The van der Waals surface area contributed by atoms with Crippen molar-refractivity contribution < 1.29 is 23.9 Å². The number of hydrogen-bond acceptors (Lipinski definition) is 6. The molecule has 3 aromatic carbocycles. The van der Waals surface area contributed by atoms with Crippen LogP contribution >= 0.6 is 11.6 Å². The second kappa shape index (κ2) is 14.4. The lowest BCUT2D eigenvalue weighted by molar-refractivity contribution is -0.136. The Labute approximate surface area is 226 Å². The lowest BCUT2D eigenvalue weighted by Gasteiger charge is -2.09. The molecule has 10 heteroatoms. The molecule has 0 radical (unpaired) electrons. The van der Waals surface area contributed by atoms with Gasteiger partial charge in [0.2, 0.25) is 0 Å². The number of carbonyl (C=O) groups is 3. The molecular formula is C28H29ClN4O5. The summed E-state index contributed by atoms with van der Waals surface area (Å²) in [6.45, 7) is 4.44. The topological polar surface area (TPSA) is 118 Å². The molecule has 3 rings (SSSR count). The second-order valence-corrected chi connectivity index (χ2v) is 8.68. The largest absolute Gasteiger partial charge is 0.494 e. The molecule has 0 heterocycles. The molecular weight excluding hydrogens is 508 g/mol. The maximum atomic E-state index is 12.1. The van der Waals surface area contributed by atoms with Crippen LogP contribution in [0.2, 0.25) is 5.02 Å². The van der Waals surface area contributed by atoms with Crippen LogP contribution in [0, 0.1) is 6.92 Å². The van der Waals surface area contributed by atoms with Crippen LogP contribution in [0.4, 0.5) is 11.4 Å². The van der Waals surface area contributed by atoms with Crippen LogP contribution in [0.15, 0.2) is 71.8 Å². The van der Waals surface area contributed by atoms with Gasteiger partial charge in [-0.15, -0.1) is 0 Å². The number of ether oxygens (including phenoxy) is 2. The first-order valence-electron chi connectivity index (χ1n) is 12.0. The SMILES string of the molecule is CCCCOc1ccc(NC(=O)C(=O)N/N=C\c2ccc(OCC(=O)Nc3ccc(C)cc3)c(Cl)c2)cc1. The van der Waals surface area contributed by atoms with Crippen LogP contribution < -0.4 is 25.5 Å². The van der Waals surface area contributed by atoms with Crippen LogP contribution in [0.3, 0.4) is 0 Å². The maximum Gasteiger partial charge on any atom is 0.329 e. The fraction of sp³-hybridized carbons (Fsp3) is 0.214. The molecule has 0 aliphatic carbocycles. The van der Waals surface area contributed by atoms with Crippen LogP contribution in [0.25, 0.3) is 0 Å². The lowest BCUT2D eigenvalue weighted by atomic mass is 10.2. The van der Waals surface area contributed by atoms with E-state index in [-0.39, 0.29) is 17.5 Å². The third kappa shape index (κ3) is 9.25. The van der Waals surface area contributed by atoms with Crippen molar-refractivity contribution in [2.24, 2.45) is 5.10 Å². The number of halogens is 1. The van der Waals surface area contributed by atoms with Gasteiger partial charge < -0.3 is 20.1 Å². The fourth-order valence-corrected chi connectivity index (χ4v) is 3.31. The van der Waals surface area contributed by atoms with E-state index in [0.717, 1.165) is 18.4 Å². The van der Waals surface area contributed by atoms with E-state index in [0.29, 0.717) is 35.0 Å². The predicted octanol–water partition coefficient (Wildman–Crippen LogP) is 4.93. The van der Waals surface area contributed by atoms with Crippen molar-refractivity contribution in [3.8, 4) is 11.5 Å². The van der Waals surface area contributed by atoms with Gasteiger partial charge in [0.1, 0.15) is 11.5 Å². The molecule has 0 saturated carbocycles. The zero-order chi connectivity index (χ0) is 27.3. The molecule has 3 amide bonds. The van der Waals surface area contributed by atoms with Gasteiger partial charge >= 0.3 is 11.8 Å². The summed E-state index contributed by atoms with van der Waals surface area (Å²) in [5, 5.41) is 9.27. The minimum absolute atomic E-state index is 0.221. The fourth-order valence-electron chi connectivity index (χ4n) is 3.06. The highest BCUT2D eigenvalue weighted by atomic mass is 35.5. The third-order valence-electron chi connectivity index (χ3n) is 5.11. The molecule has 0 atom stereocenters. The van der Waals surface area contributed by atoms with E-state index in [2.05, 4.69) is 28.1 Å². The Morgan fingerprint density at radius 1 is 0.895 bits per heavy atom. The van der Waals surface area contributed by atoms with Crippen molar-refractivity contribution in [1.29, 1.82) is 0 Å². The smallest absolute Gasteiger partial charge is 0.329 e. The van der Waals surface area contributed by atoms with Crippen LogP contribution in [0.5, 0.6) is 11.5 Å². The Morgan fingerprint density at radius 3 is 2.26 bits per heavy atom. The number of benzene rings is 3. The Bertz CT molecular complexity index is 1280. The van der Waals surface area contributed by atoms with Crippen molar-refractivity contribution in [1.82, 2.24) is 5.43 Å². The zero-order valence-electron chi connectivity index (χ0n) is 21.1. The van der Waals surface area contributed by atoms with Gasteiger partial charge in [0.15, 0.2) is 6.61 Å². The quantitative estimate of drug-likeness (QED) is 0.139. The van der Waals surface area contributed by atoms with Crippen LogP contribution in [-0.4, -0.2) is 37.1 Å². The summed E-state index contributed by atoms with van der Waals surface area (Å²) in [6, 6.07) is 18.9. The van der Waals surface area contributed by atoms with E-state index in [4.69, 9.17) is 21.1 Å². The number of hydrogen-bond donors (Lipinski definition) is 3. The maximum absolute atomic E-state index is 12.1. The molecule has 0 aliphatic heterocycles. The van der Waals surface area contributed by atoms with Crippen molar-refractivity contribution in [2.45, 2.75) is 26.7 Å².